The topological polar surface area (TPSA) is 82.3 Å². The van der Waals surface area contributed by atoms with E-state index < -0.39 is 15.8 Å². The summed E-state index contributed by atoms with van der Waals surface area (Å²) < 4.78 is 43.6. The van der Waals surface area contributed by atoms with Gasteiger partial charge in [0.2, 0.25) is 10.0 Å². The van der Waals surface area contributed by atoms with E-state index in [1.54, 1.807) is 36.5 Å². The quantitative estimate of drug-likeness (QED) is 0.604. The molecule has 2 aromatic carbocycles. The molecule has 1 heterocycles. The van der Waals surface area contributed by atoms with Crippen LogP contribution in [0.5, 0.6) is 5.75 Å². The molecule has 0 saturated heterocycles. The summed E-state index contributed by atoms with van der Waals surface area (Å²) in [5.41, 5.74) is 2.71. The third-order valence-corrected chi connectivity index (χ3v) is 5.67. The molecule has 0 aliphatic rings. The second kappa shape index (κ2) is 8.14. The van der Waals surface area contributed by atoms with Crippen molar-refractivity contribution in [2.75, 3.05) is 7.11 Å². The summed E-state index contributed by atoms with van der Waals surface area (Å²) in [5, 5.41) is 5.40. The fourth-order valence-corrected chi connectivity index (χ4v) is 3.78. The van der Waals surface area contributed by atoms with Gasteiger partial charge in [0.15, 0.2) is 11.6 Å². The fourth-order valence-electron chi connectivity index (χ4n) is 3.04. The van der Waals surface area contributed by atoms with Crippen LogP contribution in [0.4, 0.5) is 4.39 Å². The smallest absolute Gasteiger partial charge is 0.238 e. The highest BCUT2D eigenvalue weighted by atomic mass is 32.2. The number of hydrogen-bond donors (Lipinski definition) is 1. The van der Waals surface area contributed by atoms with E-state index >= 15 is 0 Å². The van der Waals surface area contributed by atoms with Crippen molar-refractivity contribution in [3.05, 3.63) is 78.8 Å². The largest absolute Gasteiger partial charge is 0.494 e. The van der Waals surface area contributed by atoms with Gasteiger partial charge in [-0.2, -0.15) is 0 Å². The molecule has 0 amide bonds. The van der Waals surface area contributed by atoms with Crippen LogP contribution in [0.1, 0.15) is 18.4 Å². The minimum atomic E-state index is -3.98. The number of sulfonamides is 1. The summed E-state index contributed by atoms with van der Waals surface area (Å²) in [6.07, 6.45) is 3.43. The lowest BCUT2D eigenvalue weighted by Crippen LogP contribution is -2.13. The van der Waals surface area contributed by atoms with Crippen LogP contribution in [0.2, 0.25) is 0 Å². The van der Waals surface area contributed by atoms with E-state index in [9.17, 15) is 12.8 Å². The average Bonchev–Trinajstić information content (AvgIpc) is 2.72. The summed E-state index contributed by atoms with van der Waals surface area (Å²) >= 11 is 0. The Kier molecular flexibility index (Phi) is 5.81. The Balaban J connectivity index is 2.32. The zero-order valence-corrected chi connectivity index (χ0v) is 16.9. The number of pyridine rings is 1. The van der Waals surface area contributed by atoms with Gasteiger partial charge in [0.05, 0.1) is 17.7 Å². The third kappa shape index (κ3) is 4.21. The molecular formula is C22H21FN2O3S. The van der Waals surface area contributed by atoms with Gasteiger partial charge >= 0.3 is 0 Å². The molecule has 1 atom stereocenters. The molecular weight excluding hydrogens is 391 g/mol. The highest BCUT2D eigenvalue weighted by molar-refractivity contribution is 7.89. The summed E-state index contributed by atoms with van der Waals surface area (Å²) in [5.74, 6) is -0.409. The van der Waals surface area contributed by atoms with Gasteiger partial charge in [0, 0.05) is 23.2 Å². The summed E-state index contributed by atoms with van der Waals surface area (Å²) in [4.78, 5) is 4.47. The number of methoxy groups -OCH3 is 1. The van der Waals surface area contributed by atoms with E-state index in [1.165, 1.54) is 25.3 Å². The number of ether oxygens (including phenoxy) is 1. The monoisotopic (exact) mass is 412 g/mol. The first-order chi connectivity index (χ1) is 13.8. The normalized spacial score (nSPS) is 12.4. The number of nitrogens with zero attached hydrogens (tertiary/aromatic N) is 1. The Morgan fingerprint density at radius 1 is 1.17 bits per heavy atom. The molecule has 0 aliphatic carbocycles. The Labute approximate surface area is 169 Å². The third-order valence-electron chi connectivity index (χ3n) is 4.70. The first kappa shape index (κ1) is 20.7. The lowest BCUT2D eigenvalue weighted by Gasteiger charge is -2.16. The van der Waals surface area contributed by atoms with Gasteiger partial charge in [-0.05, 0) is 35.4 Å². The molecule has 2 N–H and O–H groups in total. The van der Waals surface area contributed by atoms with E-state index in [-0.39, 0.29) is 16.6 Å². The van der Waals surface area contributed by atoms with Crippen LogP contribution < -0.4 is 9.88 Å². The molecule has 3 aromatic rings. The van der Waals surface area contributed by atoms with Crippen LogP contribution >= 0.6 is 0 Å². The van der Waals surface area contributed by atoms with Crippen LogP contribution in [-0.2, 0) is 10.0 Å². The van der Waals surface area contributed by atoms with Gasteiger partial charge in [-0.15, -0.1) is 6.58 Å². The molecule has 29 heavy (non-hydrogen) atoms. The number of aromatic nitrogens is 1. The zero-order valence-electron chi connectivity index (χ0n) is 16.1. The molecule has 150 valence electrons. The first-order valence-corrected chi connectivity index (χ1v) is 10.4. The minimum absolute atomic E-state index is 0.00637. The van der Waals surface area contributed by atoms with Crippen molar-refractivity contribution in [3.63, 3.8) is 0 Å². The van der Waals surface area contributed by atoms with Crippen molar-refractivity contribution in [2.45, 2.75) is 17.7 Å². The average molecular weight is 412 g/mol. The van der Waals surface area contributed by atoms with Gasteiger partial charge in [-0.3, -0.25) is 4.98 Å². The van der Waals surface area contributed by atoms with Crippen LogP contribution in [0.25, 0.3) is 22.4 Å². The van der Waals surface area contributed by atoms with Crippen molar-refractivity contribution < 1.29 is 17.5 Å². The second-order valence-electron chi connectivity index (χ2n) is 6.58. The molecule has 0 bridgehead atoms. The van der Waals surface area contributed by atoms with Gasteiger partial charge in [0.1, 0.15) is 0 Å². The number of benzene rings is 2. The van der Waals surface area contributed by atoms with Gasteiger partial charge in [-0.25, -0.2) is 17.9 Å². The van der Waals surface area contributed by atoms with Crippen molar-refractivity contribution in [2.24, 2.45) is 5.14 Å². The summed E-state index contributed by atoms with van der Waals surface area (Å²) in [6.45, 7) is 5.76. The fraction of sp³-hybridized carbons (Fsp3) is 0.136. The predicted molar refractivity (Wildman–Crippen MR) is 112 cm³/mol. The van der Waals surface area contributed by atoms with Crippen LogP contribution in [-0.4, -0.2) is 20.5 Å². The molecule has 0 saturated carbocycles. The zero-order chi connectivity index (χ0) is 21.2. The molecule has 5 nitrogen and oxygen atoms in total. The first-order valence-electron chi connectivity index (χ1n) is 8.85. The summed E-state index contributed by atoms with van der Waals surface area (Å²) in [7, 11) is -2.59. The lowest BCUT2D eigenvalue weighted by molar-refractivity contribution is 0.386. The van der Waals surface area contributed by atoms with E-state index in [1.807, 2.05) is 13.0 Å². The van der Waals surface area contributed by atoms with Crippen LogP contribution in [0.3, 0.4) is 0 Å². The molecule has 0 spiro atoms. The molecule has 7 heteroatoms. The highest BCUT2D eigenvalue weighted by Crippen LogP contribution is 2.37. The standard InChI is InChI=1S/C22H21FN2O3S/c1-4-14(2)16-11-18(15-9-10-20(28-3)19(23)12-15)22(25-13-16)17-7-5-6-8-21(17)29(24,26)27/h4-14H,1H2,2-3H3,(H2,24,26,27). The predicted octanol–water partition coefficient (Wildman–Crippen LogP) is 4.50. The lowest BCUT2D eigenvalue weighted by atomic mass is 9.94. The Hall–Kier alpha value is -3.03. The summed E-state index contributed by atoms with van der Waals surface area (Å²) in [6, 6.07) is 12.7. The SMILES string of the molecule is C=CC(C)c1cnc(-c2ccccc2S(N)(=O)=O)c(-c2ccc(OC)c(F)c2)c1. The van der Waals surface area contributed by atoms with E-state index in [4.69, 9.17) is 9.88 Å². The van der Waals surface area contributed by atoms with Crippen LogP contribution in [0.15, 0.2) is 72.3 Å². The minimum Gasteiger partial charge on any atom is -0.494 e. The number of allylic oxidation sites excluding steroid dienone is 1. The van der Waals surface area contributed by atoms with Gasteiger partial charge in [0.25, 0.3) is 0 Å². The molecule has 0 aliphatic heterocycles. The van der Waals surface area contributed by atoms with Crippen molar-refractivity contribution in [3.8, 4) is 28.1 Å². The van der Waals surface area contributed by atoms with Crippen molar-refractivity contribution >= 4 is 10.0 Å². The van der Waals surface area contributed by atoms with E-state index in [0.717, 1.165) is 5.56 Å². The second-order valence-corrected chi connectivity index (χ2v) is 8.11. The molecule has 1 aromatic heterocycles. The number of nitrogens with two attached hydrogens (primary N) is 1. The van der Waals surface area contributed by atoms with Gasteiger partial charge in [-0.1, -0.05) is 37.3 Å². The Morgan fingerprint density at radius 3 is 2.52 bits per heavy atom. The number of hydrogen-bond acceptors (Lipinski definition) is 4. The molecule has 3 rings (SSSR count). The van der Waals surface area contributed by atoms with Crippen molar-refractivity contribution in [1.82, 2.24) is 4.98 Å². The Bertz CT molecular complexity index is 1180. The maximum absolute atomic E-state index is 14.4. The number of rotatable bonds is 6. The molecule has 1 unspecified atom stereocenters. The maximum atomic E-state index is 14.4. The highest BCUT2D eigenvalue weighted by Gasteiger charge is 2.20. The molecule has 0 fully saturated rings. The van der Waals surface area contributed by atoms with Crippen molar-refractivity contribution in [1.29, 1.82) is 0 Å². The van der Waals surface area contributed by atoms with Crippen LogP contribution in [0, 0.1) is 5.82 Å². The Morgan fingerprint density at radius 2 is 1.90 bits per heavy atom. The van der Waals surface area contributed by atoms with Gasteiger partial charge < -0.3 is 4.74 Å². The van der Waals surface area contributed by atoms with E-state index in [2.05, 4.69) is 11.6 Å². The molecule has 0 radical (unpaired) electrons. The number of primary sulfonamides is 1. The maximum Gasteiger partial charge on any atom is 0.238 e. The number of halogens is 1. The van der Waals surface area contributed by atoms with E-state index in [0.29, 0.717) is 22.4 Å².